The molecule has 0 N–H and O–H groups in total. The van der Waals surface area contributed by atoms with E-state index in [1.165, 1.54) is 12.1 Å². The molecule has 2 rings (SSSR count). The number of hydrogen-bond donors (Lipinski definition) is 0. The minimum Gasteiger partial charge on any atom is -0.369 e. The molecule has 0 aliphatic carbocycles. The van der Waals surface area contributed by atoms with Crippen molar-refractivity contribution >= 4 is 17.3 Å². The SMILES string of the molecule is CC1CCCN(c2ccc(CCl)c(C(F)(F)F)c2)C1C. The van der Waals surface area contributed by atoms with Crippen LogP contribution < -0.4 is 4.90 Å². The molecule has 0 bridgehead atoms. The van der Waals surface area contributed by atoms with Crippen LogP contribution in [0.4, 0.5) is 18.9 Å². The number of nitrogens with zero attached hydrogens (tertiary/aromatic N) is 1. The van der Waals surface area contributed by atoms with Gasteiger partial charge in [-0.1, -0.05) is 13.0 Å². The van der Waals surface area contributed by atoms with E-state index in [9.17, 15) is 13.2 Å². The number of anilines is 1. The summed E-state index contributed by atoms with van der Waals surface area (Å²) in [7, 11) is 0. The van der Waals surface area contributed by atoms with Crippen LogP contribution in [0.1, 0.15) is 37.8 Å². The van der Waals surface area contributed by atoms with E-state index in [0.29, 0.717) is 11.6 Å². The van der Waals surface area contributed by atoms with E-state index >= 15 is 0 Å². The van der Waals surface area contributed by atoms with Gasteiger partial charge in [0.05, 0.1) is 5.56 Å². The molecule has 1 fully saturated rings. The van der Waals surface area contributed by atoms with E-state index in [2.05, 4.69) is 18.7 Å². The number of alkyl halides is 4. The molecule has 1 aromatic carbocycles. The summed E-state index contributed by atoms with van der Waals surface area (Å²) < 4.78 is 39.2. The van der Waals surface area contributed by atoms with Gasteiger partial charge in [-0.05, 0) is 43.4 Å². The average Bonchev–Trinajstić information content (AvgIpc) is 2.40. The first kappa shape index (κ1) is 15.5. The van der Waals surface area contributed by atoms with E-state index < -0.39 is 11.7 Å². The third-order valence-corrected chi connectivity index (χ3v) is 4.54. The molecule has 112 valence electrons. The predicted octanol–water partition coefficient (Wildman–Crippen LogP) is 5.07. The van der Waals surface area contributed by atoms with E-state index in [0.717, 1.165) is 19.4 Å². The van der Waals surface area contributed by atoms with Gasteiger partial charge >= 0.3 is 6.18 Å². The van der Waals surface area contributed by atoms with Gasteiger partial charge in [-0.3, -0.25) is 0 Å². The van der Waals surface area contributed by atoms with Crippen LogP contribution in [0.2, 0.25) is 0 Å². The monoisotopic (exact) mass is 305 g/mol. The molecular formula is C15H19ClF3N. The predicted molar refractivity (Wildman–Crippen MR) is 76.2 cm³/mol. The van der Waals surface area contributed by atoms with Gasteiger partial charge in [-0.25, -0.2) is 0 Å². The van der Waals surface area contributed by atoms with Crippen LogP contribution in [0.3, 0.4) is 0 Å². The molecule has 0 saturated carbocycles. The zero-order chi connectivity index (χ0) is 14.9. The molecule has 0 amide bonds. The van der Waals surface area contributed by atoms with Crippen LogP contribution in [0.5, 0.6) is 0 Å². The van der Waals surface area contributed by atoms with E-state index in [-0.39, 0.29) is 17.5 Å². The first-order chi connectivity index (χ1) is 9.34. The van der Waals surface area contributed by atoms with Gasteiger partial charge in [-0.15, -0.1) is 11.6 Å². The summed E-state index contributed by atoms with van der Waals surface area (Å²) in [6, 6.07) is 4.75. The smallest absolute Gasteiger partial charge is 0.369 e. The van der Waals surface area contributed by atoms with Gasteiger partial charge in [0, 0.05) is 24.2 Å². The number of benzene rings is 1. The molecule has 1 aliphatic heterocycles. The summed E-state index contributed by atoms with van der Waals surface area (Å²) in [5, 5.41) is 0. The van der Waals surface area contributed by atoms with Gasteiger partial charge in [0.1, 0.15) is 0 Å². The summed E-state index contributed by atoms with van der Waals surface area (Å²) in [5.41, 5.74) is 0.168. The Morgan fingerprint density at radius 1 is 1.30 bits per heavy atom. The third-order valence-electron chi connectivity index (χ3n) is 4.25. The lowest BCUT2D eigenvalue weighted by Gasteiger charge is -2.40. The van der Waals surface area contributed by atoms with Crippen LogP contribution in [0.25, 0.3) is 0 Å². The van der Waals surface area contributed by atoms with Crippen molar-refractivity contribution in [3.05, 3.63) is 29.3 Å². The average molecular weight is 306 g/mol. The fourth-order valence-corrected chi connectivity index (χ4v) is 3.06. The highest BCUT2D eigenvalue weighted by Gasteiger charge is 2.34. The molecular weight excluding hydrogens is 287 g/mol. The van der Waals surface area contributed by atoms with Crippen LogP contribution in [0, 0.1) is 5.92 Å². The quantitative estimate of drug-likeness (QED) is 0.690. The van der Waals surface area contributed by atoms with Crippen molar-refractivity contribution < 1.29 is 13.2 Å². The Bertz CT molecular complexity index is 473. The number of hydrogen-bond acceptors (Lipinski definition) is 1. The Kier molecular flexibility index (Phi) is 4.52. The van der Waals surface area contributed by atoms with Gasteiger partial charge < -0.3 is 4.90 Å². The van der Waals surface area contributed by atoms with Crippen molar-refractivity contribution in [2.24, 2.45) is 5.92 Å². The molecule has 1 heterocycles. The van der Waals surface area contributed by atoms with E-state index in [1.54, 1.807) is 6.07 Å². The lowest BCUT2D eigenvalue weighted by Crippen LogP contribution is -2.42. The maximum absolute atomic E-state index is 13.1. The standard InChI is InChI=1S/C15H19ClF3N/c1-10-4-3-7-20(11(10)2)13-6-5-12(9-16)14(8-13)15(17,18)19/h5-6,8,10-11H,3-4,7,9H2,1-2H3. The van der Waals surface area contributed by atoms with Crippen molar-refractivity contribution in [2.75, 3.05) is 11.4 Å². The fourth-order valence-electron chi connectivity index (χ4n) is 2.82. The minimum absolute atomic E-state index is 0.124. The molecule has 0 radical (unpaired) electrons. The Morgan fingerprint density at radius 2 is 2.00 bits per heavy atom. The second-order valence-electron chi connectivity index (χ2n) is 5.53. The summed E-state index contributed by atoms with van der Waals surface area (Å²) in [6.45, 7) is 5.03. The highest BCUT2D eigenvalue weighted by Crippen LogP contribution is 2.37. The largest absolute Gasteiger partial charge is 0.416 e. The van der Waals surface area contributed by atoms with Crippen molar-refractivity contribution in [1.82, 2.24) is 0 Å². The summed E-state index contributed by atoms with van der Waals surface area (Å²) in [4.78, 5) is 2.07. The molecule has 1 nitrogen and oxygen atoms in total. The number of rotatable bonds is 2. The minimum atomic E-state index is -4.36. The molecule has 2 atom stereocenters. The lowest BCUT2D eigenvalue weighted by molar-refractivity contribution is -0.138. The Hall–Kier alpha value is -0.900. The maximum atomic E-state index is 13.1. The summed E-state index contributed by atoms with van der Waals surface area (Å²) in [6.07, 6.45) is -2.21. The first-order valence-corrected chi connectivity index (χ1v) is 7.40. The lowest BCUT2D eigenvalue weighted by atomic mass is 9.91. The zero-order valence-electron chi connectivity index (χ0n) is 11.7. The molecule has 2 unspecified atom stereocenters. The number of piperidine rings is 1. The summed E-state index contributed by atoms with van der Waals surface area (Å²) >= 11 is 5.61. The van der Waals surface area contributed by atoms with Gasteiger partial charge in [-0.2, -0.15) is 13.2 Å². The van der Waals surface area contributed by atoms with Gasteiger partial charge in [0.15, 0.2) is 0 Å². The number of halogens is 4. The Labute approximate surface area is 122 Å². The fraction of sp³-hybridized carbons (Fsp3) is 0.600. The summed E-state index contributed by atoms with van der Waals surface area (Å²) in [5.74, 6) is 0.368. The molecule has 1 aromatic rings. The highest BCUT2D eigenvalue weighted by atomic mass is 35.5. The topological polar surface area (TPSA) is 3.24 Å². The first-order valence-electron chi connectivity index (χ1n) is 6.87. The van der Waals surface area contributed by atoms with Crippen molar-refractivity contribution in [3.8, 4) is 0 Å². The molecule has 1 saturated heterocycles. The van der Waals surface area contributed by atoms with Crippen molar-refractivity contribution in [1.29, 1.82) is 0 Å². The Balaban J connectivity index is 2.38. The Morgan fingerprint density at radius 3 is 2.60 bits per heavy atom. The second kappa shape index (κ2) is 5.84. The molecule has 5 heteroatoms. The van der Waals surface area contributed by atoms with E-state index in [1.807, 2.05) is 0 Å². The van der Waals surface area contributed by atoms with Gasteiger partial charge in [0.2, 0.25) is 0 Å². The third kappa shape index (κ3) is 3.05. The highest BCUT2D eigenvalue weighted by molar-refractivity contribution is 6.17. The zero-order valence-corrected chi connectivity index (χ0v) is 12.4. The molecule has 0 aromatic heterocycles. The van der Waals surface area contributed by atoms with Gasteiger partial charge in [0.25, 0.3) is 0 Å². The molecule has 1 aliphatic rings. The van der Waals surface area contributed by atoms with Crippen molar-refractivity contribution in [2.45, 2.75) is 44.8 Å². The van der Waals surface area contributed by atoms with Crippen LogP contribution in [-0.4, -0.2) is 12.6 Å². The maximum Gasteiger partial charge on any atom is 0.416 e. The van der Waals surface area contributed by atoms with E-state index in [4.69, 9.17) is 11.6 Å². The van der Waals surface area contributed by atoms with Crippen LogP contribution >= 0.6 is 11.6 Å². The van der Waals surface area contributed by atoms with Crippen LogP contribution in [-0.2, 0) is 12.1 Å². The van der Waals surface area contributed by atoms with Crippen LogP contribution in [0.15, 0.2) is 18.2 Å². The van der Waals surface area contributed by atoms with Crippen molar-refractivity contribution in [3.63, 3.8) is 0 Å². The normalized spacial score (nSPS) is 24.0. The second-order valence-corrected chi connectivity index (χ2v) is 5.79. The molecule has 0 spiro atoms. The molecule has 20 heavy (non-hydrogen) atoms.